The average molecular weight is 292 g/mol. The minimum Gasteiger partial charge on any atom is -0.396 e. The van der Waals surface area contributed by atoms with E-state index in [2.05, 4.69) is 54.0 Å². The van der Waals surface area contributed by atoms with Gasteiger partial charge < -0.3 is 10.0 Å². The number of halogens is 1. The molecule has 0 bridgehead atoms. The predicted octanol–water partition coefficient (Wildman–Crippen LogP) is 3.13. The summed E-state index contributed by atoms with van der Waals surface area (Å²) in [5, 5.41) is 9.38. The second-order valence-electron chi connectivity index (χ2n) is 3.90. The molecule has 0 saturated carbocycles. The SMILES string of the molecule is CCC(CO)C(c1ccc(Br)s1)N(C)C. The van der Waals surface area contributed by atoms with Gasteiger partial charge in [-0.25, -0.2) is 0 Å². The van der Waals surface area contributed by atoms with Gasteiger partial charge in [0.05, 0.1) is 3.79 Å². The fraction of sp³-hybridized carbons (Fsp3) is 0.636. The first-order chi connectivity index (χ1) is 7.10. The summed E-state index contributed by atoms with van der Waals surface area (Å²) in [6.45, 7) is 2.37. The minimum atomic E-state index is 0.245. The van der Waals surface area contributed by atoms with Gasteiger partial charge in [0, 0.05) is 23.4 Å². The molecule has 0 aliphatic carbocycles. The highest BCUT2D eigenvalue weighted by Gasteiger charge is 2.24. The third kappa shape index (κ3) is 3.28. The number of hydrogen-bond donors (Lipinski definition) is 1. The highest BCUT2D eigenvalue weighted by atomic mass is 79.9. The Morgan fingerprint density at radius 2 is 2.13 bits per heavy atom. The monoisotopic (exact) mass is 291 g/mol. The summed E-state index contributed by atoms with van der Waals surface area (Å²) in [5.41, 5.74) is 0. The van der Waals surface area contributed by atoms with Gasteiger partial charge >= 0.3 is 0 Å². The summed E-state index contributed by atoms with van der Waals surface area (Å²) in [5.74, 6) is 0.311. The van der Waals surface area contributed by atoms with Gasteiger partial charge in [-0.1, -0.05) is 6.92 Å². The molecule has 0 saturated heterocycles. The molecule has 0 aliphatic rings. The van der Waals surface area contributed by atoms with Gasteiger partial charge in [0.2, 0.25) is 0 Å². The first kappa shape index (κ1) is 13.2. The van der Waals surface area contributed by atoms with E-state index in [9.17, 15) is 5.11 Å². The zero-order valence-corrected chi connectivity index (χ0v) is 11.8. The molecule has 0 aliphatic heterocycles. The van der Waals surface area contributed by atoms with E-state index in [1.54, 1.807) is 11.3 Å². The van der Waals surface area contributed by atoms with Crippen LogP contribution in [0.5, 0.6) is 0 Å². The minimum absolute atomic E-state index is 0.245. The molecule has 1 aromatic heterocycles. The van der Waals surface area contributed by atoms with Crippen LogP contribution in [-0.2, 0) is 0 Å². The largest absolute Gasteiger partial charge is 0.396 e. The molecule has 1 heterocycles. The molecule has 2 atom stereocenters. The Bertz CT molecular complexity index is 297. The fourth-order valence-corrected chi connectivity index (χ4v) is 3.56. The molecule has 0 spiro atoms. The van der Waals surface area contributed by atoms with Crippen LogP contribution >= 0.6 is 27.3 Å². The Kier molecular flexibility index (Phi) is 5.26. The van der Waals surface area contributed by atoms with Crippen LogP contribution in [0.25, 0.3) is 0 Å². The summed E-state index contributed by atoms with van der Waals surface area (Å²) in [4.78, 5) is 3.50. The summed E-state index contributed by atoms with van der Waals surface area (Å²) >= 11 is 5.23. The third-order valence-corrected chi connectivity index (χ3v) is 4.34. The van der Waals surface area contributed by atoms with E-state index in [0.29, 0.717) is 12.0 Å². The van der Waals surface area contributed by atoms with Gasteiger partial charge in [-0.05, 0) is 48.6 Å². The van der Waals surface area contributed by atoms with Gasteiger partial charge in [0.15, 0.2) is 0 Å². The summed E-state index contributed by atoms with van der Waals surface area (Å²) in [7, 11) is 4.13. The van der Waals surface area contributed by atoms with Crippen LogP contribution < -0.4 is 0 Å². The maximum absolute atomic E-state index is 9.38. The number of rotatable bonds is 5. The second kappa shape index (κ2) is 5.99. The van der Waals surface area contributed by atoms with Crippen molar-refractivity contribution in [3.8, 4) is 0 Å². The smallest absolute Gasteiger partial charge is 0.0701 e. The van der Waals surface area contributed by atoms with E-state index in [1.165, 1.54) is 4.88 Å². The number of nitrogens with zero attached hydrogens (tertiary/aromatic N) is 1. The van der Waals surface area contributed by atoms with Crippen molar-refractivity contribution in [1.82, 2.24) is 4.90 Å². The van der Waals surface area contributed by atoms with Gasteiger partial charge in [0.25, 0.3) is 0 Å². The molecule has 0 radical (unpaired) electrons. The van der Waals surface area contributed by atoms with Crippen LogP contribution in [0.15, 0.2) is 15.9 Å². The van der Waals surface area contributed by atoms with Crippen LogP contribution in [0.3, 0.4) is 0 Å². The molecule has 1 aromatic rings. The van der Waals surface area contributed by atoms with E-state index in [4.69, 9.17) is 0 Å². The van der Waals surface area contributed by atoms with E-state index >= 15 is 0 Å². The molecular weight excluding hydrogens is 274 g/mol. The normalized spacial score (nSPS) is 15.6. The van der Waals surface area contributed by atoms with Crippen molar-refractivity contribution in [2.24, 2.45) is 5.92 Å². The lowest BCUT2D eigenvalue weighted by molar-refractivity contribution is 0.132. The third-order valence-electron chi connectivity index (χ3n) is 2.65. The van der Waals surface area contributed by atoms with Crippen LogP contribution in [0.2, 0.25) is 0 Å². The van der Waals surface area contributed by atoms with Gasteiger partial charge in [0.1, 0.15) is 0 Å². The lowest BCUT2D eigenvalue weighted by Gasteiger charge is -2.29. The molecule has 0 amide bonds. The quantitative estimate of drug-likeness (QED) is 0.901. The van der Waals surface area contributed by atoms with Crippen molar-refractivity contribution in [2.45, 2.75) is 19.4 Å². The summed E-state index contributed by atoms with van der Waals surface area (Å²) < 4.78 is 1.15. The maximum Gasteiger partial charge on any atom is 0.0701 e. The zero-order valence-electron chi connectivity index (χ0n) is 9.40. The van der Waals surface area contributed by atoms with Crippen molar-refractivity contribution in [3.63, 3.8) is 0 Å². The van der Waals surface area contributed by atoms with Gasteiger partial charge in [-0.2, -0.15) is 0 Å². The topological polar surface area (TPSA) is 23.5 Å². The highest BCUT2D eigenvalue weighted by Crippen LogP contribution is 2.35. The lowest BCUT2D eigenvalue weighted by atomic mass is 9.95. The Balaban J connectivity index is 2.91. The van der Waals surface area contributed by atoms with Crippen LogP contribution in [-0.4, -0.2) is 30.7 Å². The standard InChI is InChI=1S/C11H18BrNOS/c1-4-8(7-14)11(13(2)3)9-5-6-10(12)15-9/h5-6,8,11,14H,4,7H2,1-3H3. The Labute approximate surface area is 104 Å². The molecule has 86 valence electrons. The van der Waals surface area contributed by atoms with Crippen LogP contribution in [0, 0.1) is 5.92 Å². The maximum atomic E-state index is 9.38. The molecule has 1 N–H and O–H groups in total. The zero-order chi connectivity index (χ0) is 11.4. The van der Waals surface area contributed by atoms with Crippen molar-refractivity contribution in [3.05, 3.63) is 20.8 Å². The number of aliphatic hydroxyl groups is 1. The van der Waals surface area contributed by atoms with E-state index in [-0.39, 0.29) is 6.61 Å². The molecule has 2 nitrogen and oxygen atoms in total. The summed E-state index contributed by atoms with van der Waals surface area (Å²) in [6.07, 6.45) is 0.995. The van der Waals surface area contributed by atoms with Crippen molar-refractivity contribution < 1.29 is 5.11 Å². The summed E-state index contributed by atoms with van der Waals surface area (Å²) in [6, 6.07) is 4.52. The van der Waals surface area contributed by atoms with Gasteiger partial charge in [-0.15, -0.1) is 11.3 Å². The van der Waals surface area contributed by atoms with E-state index in [0.717, 1.165) is 10.2 Å². The molecule has 0 aromatic carbocycles. The van der Waals surface area contributed by atoms with Crippen LogP contribution in [0.1, 0.15) is 24.3 Å². The fourth-order valence-electron chi connectivity index (χ4n) is 1.85. The lowest BCUT2D eigenvalue weighted by Crippen LogP contribution is -2.28. The van der Waals surface area contributed by atoms with Crippen molar-refractivity contribution in [1.29, 1.82) is 0 Å². The van der Waals surface area contributed by atoms with E-state index < -0.39 is 0 Å². The first-order valence-electron chi connectivity index (χ1n) is 5.12. The van der Waals surface area contributed by atoms with Crippen LogP contribution in [0.4, 0.5) is 0 Å². The molecule has 15 heavy (non-hydrogen) atoms. The molecule has 4 heteroatoms. The average Bonchev–Trinajstić information content (AvgIpc) is 2.59. The predicted molar refractivity (Wildman–Crippen MR) is 69.3 cm³/mol. The Hall–Kier alpha value is 0.1000. The number of hydrogen-bond acceptors (Lipinski definition) is 3. The first-order valence-corrected chi connectivity index (χ1v) is 6.73. The number of aliphatic hydroxyl groups excluding tert-OH is 1. The molecule has 2 unspecified atom stereocenters. The number of thiophene rings is 1. The van der Waals surface area contributed by atoms with Gasteiger partial charge in [-0.3, -0.25) is 0 Å². The Morgan fingerprint density at radius 1 is 1.47 bits per heavy atom. The van der Waals surface area contributed by atoms with Crippen molar-refractivity contribution >= 4 is 27.3 Å². The highest BCUT2D eigenvalue weighted by molar-refractivity contribution is 9.11. The van der Waals surface area contributed by atoms with Crippen molar-refractivity contribution in [2.75, 3.05) is 20.7 Å². The van der Waals surface area contributed by atoms with E-state index in [1.807, 2.05) is 0 Å². The molecule has 1 rings (SSSR count). The molecule has 0 fully saturated rings. The Morgan fingerprint density at radius 3 is 2.47 bits per heavy atom. The second-order valence-corrected chi connectivity index (χ2v) is 6.40. The molecular formula is C11H18BrNOS.